The first kappa shape index (κ1) is 57.4. The lowest BCUT2D eigenvalue weighted by atomic mass is 9.68. The fourth-order valence-corrected chi connectivity index (χ4v) is 14.4. The summed E-state index contributed by atoms with van der Waals surface area (Å²) in [4.78, 5) is 0. The van der Waals surface area contributed by atoms with Crippen LogP contribution in [0.3, 0.4) is 0 Å². The molecule has 0 amide bonds. The summed E-state index contributed by atoms with van der Waals surface area (Å²) in [6.07, 6.45) is 4.03. The van der Waals surface area contributed by atoms with Gasteiger partial charge < -0.3 is 24.8 Å². The Labute approximate surface area is 478 Å². The van der Waals surface area contributed by atoms with E-state index >= 15 is 0 Å². The molecule has 0 fully saturated rings. The number of benzene rings is 8. The van der Waals surface area contributed by atoms with Gasteiger partial charge in [0.1, 0.15) is 39.9 Å². The summed E-state index contributed by atoms with van der Waals surface area (Å²) in [7, 11) is 0. The molecule has 4 atom stereocenters. The van der Waals surface area contributed by atoms with Gasteiger partial charge >= 0.3 is 0 Å². The molecule has 0 saturated carbocycles. The van der Waals surface area contributed by atoms with Gasteiger partial charge in [-0.15, -0.1) is 0 Å². The molecule has 5 heteroatoms. The van der Waals surface area contributed by atoms with E-state index in [1.54, 1.807) is 12.1 Å². The maximum Gasteiger partial charge on any atom is 0.132 e. The van der Waals surface area contributed by atoms with Crippen molar-refractivity contribution >= 4 is 0 Å². The Morgan fingerprint density at radius 1 is 0.300 bits per heavy atom. The SMILES string of the molecule is CC1(C)CC(C)(c2ccc(O)cc2)Oc2ccccc21.Cc1ccc(C2(C)CC(C)(C)Oc3ccccc32)cc1.Cc1ccc(C2(C)CC(C)(C)c3cc(O)ccc32)cc1.Cc1ccc(C2(C)CC(C)(C)c3ccc(O)cc32)cc1. The van der Waals surface area contributed by atoms with Crippen LogP contribution in [0.2, 0.25) is 0 Å². The van der Waals surface area contributed by atoms with Crippen LogP contribution in [-0.2, 0) is 38.1 Å². The molecule has 12 rings (SSSR count). The summed E-state index contributed by atoms with van der Waals surface area (Å²) < 4.78 is 12.5. The third-order valence-electron chi connectivity index (χ3n) is 18.2. The third kappa shape index (κ3) is 11.3. The Bertz CT molecular complexity index is 3490. The summed E-state index contributed by atoms with van der Waals surface area (Å²) in [5.41, 5.74) is 16.6. The molecule has 2 heterocycles. The van der Waals surface area contributed by atoms with E-state index in [0.29, 0.717) is 11.5 Å². The number of aromatic hydroxyl groups is 3. The van der Waals surface area contributed by atoms with Crippen LogP contribution in [0.25, 0.3) is 0 Å². The van der Waals surface area contributed by atoms with Crippen LogP contribution >= 0.6 is 0 Å². The number of hydrogen-bond donors (Lipinski definition) is 3. The van der Waals surface area contributed by atoms with E-state index in [1.165, 1.54) is 66.8 Å². The van der Waals surface area contributed by atoms with Crippen LogP contribution in [0.4, 0.5) is 0 Å². The predicted octanol–water partition coefficient (Wildman–Crippen LogP) is 18.6. The van der Waals surface area contributed by atoms with Crippen molar-refractivity contribution in [3.05, 3.63) is 254 Å². The van der Waals surface area contributed by atoms with Gasteiger partial charge in [-0.3, -0.25) is 0 Å². The highest BCUT2D eigenvalue weighted by molar-refractivity contribution is 5.56. The van der Waals surface area contributed by atoms with Crippen molar-refractivity contribution in [3.63, 3.8) is 0 Å². The number of para-hydroxylation sites is 2. The quantitative estimate of drug-likeness (QED) is 0.164. The number of aryl methyl sites for hydroxylation is 3. The van der Waals surface area contributed by atoms with E-state index in [4.69, 9.17) is 9.47 Å². The Morgan fingerprint density at radius 3 is 1.16 bits per heavy atom. The van der Waals surface area contributed by atoms with Crippen molar-refractivity contribution in [2.24, 2.45) is 0 Å². The number of phenols is 3. The molecule has 2 aliphatic carbocycles. The van der Waals surface area contributed by atoms with Crippen LogP contribution in [0, 0.1) is 20.8 Å². The molecule has 3 N–H and O–H groups in total. The summed E-state index contributed by atoms with van der Waals surface area (Å²) in [5.74, 6) is 2.99. The number of ether oxygens (including phenoxy) is 2. The lowest BCUT2D eigenvalue weighted by Gasteiger charge is -2.44. The Morgan fingerprint density at radius 2 is 0.662 bits per heavy atom. The lowest BCUT2D eigenvalue weighted by molar-refractivity contribution is 0.0324. The first-order valence-corrected chi connectivity index (χ1v) is 28.7. The highest BCUT2D eigenvalue weighted by Gasteiger charge is 2.48. The van der Waals surface area contributed by atoms with Crippen LogP contribution in [0.15, 0.2) is 182 Å². The molecule has 4 aliphatic rings. The van der Waals surface area contributed by atoms with Crippen LogP contribution < -0.4 is 9.47 Å². The largest absolute Gasteiger partial charge is 0.508 e. The second-order valence-corrected chi connectivity index (χ2v) is 27.1. The zero-order chi connectivity index (χ0) is 57.8. The molecule has 4 unspecified atom stereocenters. The molecular weight excluding hydrogens is 981 g/mol. The summed E-state index contributed by atoms with van der Waals surface area (Å²) in [6, 6.07) is 62.3. The van der Waals surface area contributed by atoms with Crippen molar-refractivity contribution < 1.29 is 24.8 Å². The zero-order valence-corrected chi connectivity index (χ0v) is 50.3. The molecule has 0 bridgehead atoms. The molecule has 0 spiro atoms. The van der Waals surface area contributed by atoms with Crippen molar-refractivity contribution in [3.8, 4) is 28.7 Å². The van der Waals surface area contributed by atoms with Crippen LogP contribution in [0.1, 0.15) is 181 Å². The fraction of sp³-hybridized carbons (Fsp3) is 0.360. The van der Waals surface area contributed by atoms with Gasteiger partial charge in [0.2, 0.25) is 0 Å². The molecule has 80 heavy (non-hydrogen) atoms. The number of hydrogen-bond acceptors (Lipinski definition) is 5. The molecule has 0 aromatic heterocycles. The van der Waals surface area contributed by atoms with Gasteiger partial charge in [0.25, 0.3) is 0 Å². The van der Waals surface area contributed by atoms with Crippen LogP contribution in [-0.4, -0.2) is 20.9 Å². The highest BCUT2D eigenvalue weighted by atomic mass is 16.5. The Kier molecular flexibility index (Phi) is 15.1. The second-order valence-electron chi connectivity index (χ2n) is 27.1. The normalized spacial score (nSPS) is 23.7. The van der Waals surface area contributed by atoms with E-state index in [-0.39, 0.29) is 49.4 Å². The first-order chi connectivity index (χ1) is 37.5. The monoisotopic (exact) mass is 1070 g/mol. The van der Waals surface area contributed by atoms with E-state index in [2.05, 4.69) is 225 Å². The lowest BCUT2D eigenvalue weighted by Crippen LogP contribution is -2.43. The van der Waals surface area contributed by atoms with E-state index in [1.807, 2.05) is 48.5 Å². The van der Waals surface area contributed by atoms with Crippen molar-refractivity contribution in [2.45, 2.75) is 173 Å². The van der Waals surface area contributed by atoms with Gasteiger partial charge in [-0.25, -0.2) is 0 Å². The number of phenolic OH excluding ortho intramolecular Hbond substituents is 3. The van der Waals surface area contributed by atoms with E-state index in [9.17, 15) is 15.3 Å². The van der Waals surface area contributed by atoms with Crippen molar-refractivity contribution in [1.29, 1.82) is 0 Å². The number of rotatable bonds is 4. The molecule has 8 aromatic carbocycles. The topological polar surface area (TPSA) is 79.2 Å². The minimum absolute atomic E-state index is 0.00600. The van der Waals surface area contributed by atoms with Gasteiger partial charge in [-0.2, -0.15) is 0 Å². The highest BCUT2D eigenvalue weighted by Crippen LogP contribution is 2.56. The molecule has 0 radical (unpaired) electrons. The maximum absolute atomic E-state index is 9.89. The van der Waals surface area contributed by atoms with Crippen LogP contribution in [0.5, 0.6) is 28.7 Å². The smallest absolute Gasteiger partial charge is 0.132 e. The zero-order valence-electron chi connectivity index (χ0n) is 50.3. The van der Waals surface area contributed by atoms with Crippen molar-refractivity contribution in [2.75, 3.05) is 0 Å². The predicted molar refractivity (Wildman–Crippen MR) is 330 cm³/mol. The molecular formula is C75H86O5. The Hall–Kier alpha value is -7.24. The summed E-state index contributed by atoms with van der Waals surface area (Å²) in [6.45, 7) is 33.4. The fourth-order valence-electron chi connectivity index (χ4n) is 14.4. The molecule has 0 saturated heterocycles. The summed E-state index contributed by atoms with van der Waals surface area (Å²) in [5, 5.41) is 29.2. The molecule has 2 aliphatic heterocycles. The van der Waals surface area contributed by atoms with Crippen molar-refractivity contribution in [1.82, 2.24) is 0 Å². The van der Waals surface area contributed by atoms with Gasteiger partial charge in [0, 0.05) is 34.7 Å². The first-order valence-electron chi connectivity index (χ1n) is 28.7. The minimum atomic E-state index is -0.369. The molecule has 416 valence electrons. The summed E-state index contributed by atoms with van der Waals surface area (Å²) >= 11 is 0. The van der Waals surface area contributed by atoms with Gasteiger partial charge in [0.05, 0.1) is 0 Å². The van der Waals surface area contributed by atoms with Gasteiger partial charge in [-0.1, -0.05) is 212 Å². The minimum Gasteiger partial charge on any atom is -0.508 e. The third-order valence-corrected chi connectivity index (χ3v) is 18.2. The molecule has 8 aromatic rings. The van der Waals surface area contributed by atoms with E-state index < -0.39 is 0 Å². The average molecular weight is 1070 g/mol. The average Bonchev–Trinajstić information content (AvgIpc) is 3.73. The van der Waals surface area contributed by atoms with E-state index in [0.717, 1.165) is 42.7 Å². The van der Waals surface area contributed by atoms with Gasteiger partial charge in [-0.05, 0) is 169 Å². The standard InChI is InChI=1S/3C19H22O.C18H20O2/c1-13-5-7-14(8-6-13)19(4)12-18(2,3)17-11-15(20)9-10-16(17)19;1-13-5-7-14(8-6-13)19(4)12-18(2,3)16-10-9-15(20)11-17(16)19;1-14-9-11-15(12-10-14)19(4)13-18(2,3)20-17-8-6-5-7-16(17)19;1-17(2)12-18(3,13-8-10-14(19)11-9-13)20-16-7-5-4-6-15(16)17/h2*5-11,20H,12H2,1-4H3;5-12H,13H2,1-4H3;4-11,19H,12H2,1-3H3. The second kappa shape index (κ2) is 21.0. The Balaban J connectivity index is 0.000000129. The van der Waals surface area contributed by atoms with Gasteiger partial charge in [0.15, 0.2) is 0 Å². The maximum atomic E-state index is 9.89. The number of fused-ring (bicyclic) bond motifs is 4. The molecule has 5 nitrogen and oxygen atoms in total.